The van der Waals surface area contributed by atoms with Crippen LogP contribution in [0.25, 0.3) is 0 Å². The Morgan fingerprint density at radius 2 is 1.79 bits per heavy atom. The van der Waals surface area contributed by atoms with Crippen molar-refractivity contribution in [1.29, 1.82) is 0 Å². The first-order chi connectivity index (χ1) is 9.10. The third-order valence-corrected chi connectivity index (χ3v) is 2.07. The molecule has 98 valence electrons. The standard InChI is InChI=1S/C11H8F2N4O2/c12-6-3-7(13)5-8(4-6)19-11-9(10(14)17-18)15-1-2-16-11/h1-5,18H,(H2,14,17). The molecule has 0 aliphatic rings. The van der Waals surface area contributed by atoms with Crippen LogP contribution in [-0.2, 0) is 0 Å². The first-order valence-corrected chi connectivity index (χ1v) is 5.03. The van der Waals surface area contributed by atoms with E-state index in [4.69, 9.17) is 15.7 Å². The average Bonchev–Trinajstić information content (AvgIpc) is 2.37. The van der Waals surface area contributed by atoms with E-state index in [0.717, 1.165) is 12.1 Å². The molecule has 0 bridgehead atoms. The molecule has 0 aliphatic heterocycles. The molecule has 3 N–H and O–H groups in total. The summed E-state index contributed by atoms with van der Waals surface area (Å²) >= 11 is 0. The zero-order valence-corrected chi connectivity index (χ0v) is 9.42. The molecule has 6 nitrogen and oxygen atoms in total. The minimum absolute atomic E-state index is 0.0466. The van der Waals surface area contributed by atoms with E-state index in [9.17, 15) is 8.78 Å². The normalized spacial score (nSPS) is 11.4. The Morgan fingerprint density at radius 3 is 2.42 bits per heavy atom. The van der Waals surface area contributed by atoms with Crippen LogP contribution in [0.1, 0.15) is 5.69 Å². The summed E-state index contributed by atoms with van der Waals surface area (Å²) in [6.07, 6.45) is 2.59. The Bertz CT molecular complexity index is 614. The van der Waals surface area contributed by atoms with E-state index in [1.165, 1.54) is 12.4 Å². The van der Waals surface area contributed by atoms with Crippen molar-refractivity contribution in [3.63, 3.8) is 0 Å². The Hall–Kier alpha value is -2.77. The van der Waals surface area contributed by atoms with Crippen molar-refractivity contribution in [3.05, 3.63) is 47.9 Å². The number of nitrogens with zero attached hydrogens (tertiary/aromatic N) is 3. The van der Waals surface area contributed by atoms with Gasteiger partial charge in [0.25, 0.3) is 0 Å². The van der Waals surface area contributed by atoms with Crippen LogP contribution >= 0.6 is 0 Å². The number of oxime groups is 1. The van der Waals surface area contributed by atoms with Crippen LogP contribution < -0.4 is 10.5 Å². The van der Waals surface area contributed by atoms with Crippen molar-refractivity contribution in [3.8, 4) is 11.6 Å². The molecule has 2 aromatic rings. The summed E-state index contributed by atoms with van der Waals surface area (Å²) in [5, 5.41) is 11.3. The molecule has 1 aromatic heterocycles. The topological polar surface area (TPSA) is 93.6 Å². The summed E-state index contributed by atoms with van der Waals surface area (Å²) in [6.45, 7) is 0. The van der Waals surface area contributed by atoms with Gasteiger partial charge in [-0.15, -0.1) is 0 Å². The van der Waals surface area contributed by atoms with E-state index in [0.29, 0.717) is 6.07 Å². The zero-order valence-electron chi connectivity index (χ0n) is 9.42. The number of aromatic nitrogens is 2. The van der Waals surface area contributed by atoms with Crippen molar-refractivity contribution < 1.29 is 18.7 Å². The van der Waals surface area contributed by atoms with Crippen LogP contribution in [0.15, 0.2) is 35.7 Å². The summed E-state index contributed by atoms with van der Waals surface area (Å²) in [7, 11) is 0. The van der Waals surface area contributed by atoms with Gasteiger partial charge in [-0.2, -0.15) is 0 Å². The largest absolute Gasteiger partial charge is 0.437 e. The molecule has 19 heavy (non-hydrogen) atoms. The fourth-order valence-corrected chi connectivity index (χ4v) is 1.32. The quantitative estimate of drug-likeness (QED) is 0.381. The highest BCUT2D eigenvalue weighted by molar-refractivity contribution is 5.97. The maximum absolute atomic E-state index is 13.0. The molecule has 0 unspecified atom stereocenters. The number of benzene rings is 1. The second-order valence-electron chi connectivity index (χ2n) is 3.40. The highest BCUT2D eigenvalue weighted by Gasteiger charge is 2.13. The van der Waals surface area contributed by atoms with Gasteiger partial charge < -0.3 is 15.7 Å². The number of halogens is 2. The van der Waals surface area contributed by atoms with Crippen LogP contribution in [0, 0.1) is 11.6 Å². The Kier molecular flexibility index (Phi) is 3.51. The Labute approximate surface area is 106 Å². The lowest BCUT2D eigenvalue weighted by Crippen LogP contribution is -2.16. The maximum atomic E-state index is 13.0. The monoisotopic (exact) mass is 266 g/mol. The van der Waals surface area contributed by atoms with E-state index >= 15 is 0 Å². The molecule has 0 amide bonds. The first kappa shape index (κ1) is 12.7. The zero-order chi connectivity index (χ0) is 13.8. The van der Waals surface area contributed by atoms with Gasteiger partial charge >= 0.3 is 0 Å². The smallest absolute Gasteiger partial charge is 0.249 e. The lowest BCUT2D eigenvalue weighted by molar-refractivity contribution is 0.318. The van der Waals surface area contributed by atoms with Crippen LogP contribution in [0.3, 0.4) is 0 Å². The van der Waals surface area contributed by atoms with Crippen molar-refractivity contribution in [1.82, 2.24) is 9.97 Å². The highest BCUT2D eigenvalue weighted by Crippen LogP contribution is 2.23. The van der Waals surface area contributed by atoms with Crippen molar-refractivity contribution in [2.75, 3.05) is 0 Å². The molecular formula is C11H8F2N4O2. The predicted molar refractivity (Wildman–Crippen MR) is 61.0 cm³/mol. The van der Waals surface area contributed by atoms with E-state index in [2.05, 4.69) is 15.1 Å². The van der Waals surface area contributed by atoms with Gasteiger partial charge in [0.2, 0.25) is 5.88 Å². The molecule has 1 heterocycles. The van der Waals surface area contributed by atoms with Crippen LogP contribution in [0.2, 0.25) is 0 Å². The first-order valence-electron chi connectivity index (χ1n) is 5.03. The summed E-state index contributed by atoms with van der Waals surface area (Å²) < 4.78 is 31.2. The van der Waals surface area contributed by atoms with Gasteiger partial charge in [0, 0.05) is 30.6 Å². The lowest BCUT2D eigenvalue weighted by Gasteiger charge is -2.07. The summed E-state index contributed by atoms with van der Waals surface area (Å²) in [6, 6.07) is 2.63. The molecule has 1 aromatic carbocycles. The maximum Gasteiger partial charge on any atom is 0.249 e. The van der Waals surface area contributed by atoms with Crippen molar-refractivity contribution >= 4 is 5.84 Å². The number of hydrogen-bond acceptors (Lipinski definition) is 5. The number of amidine groups is 1. The van der Waals surface area contributed by atoms with Gasteiger partial charge in [-0.3, -0.25) is 0 Å². The van der Waals surface area contributed by atoms with E-state index in [-0.39, 0.29) is 23.2 Å². The van der Waals surface area contributed by atoms with Gasteiger partial charge in [0.05, 0.1) is 0 Å². The van der Waals surface area contributed by atoms with Crippen LogP contribution in [-0.4, -0.2) is 21.0 Å². The summed E-state index contributed by atoms with van der Waals surface area (Å²) in [4.78, 5) is 7.60. The van der Waals surface area contributed by atoms with Gasteiger partial charge in [-0.05, 0) is 0 Å². The van der Waals surface area contributed by atoms with Gasteiger partial charge in [0.1, 0.15) is 17.4 Å². The highest BCUT2D eigenvalue weighted by atomic mass is 19.1. The minimum Gasteiger partial charge on any atom is -0.437 e. The van der Waals surface area contributed by atoms with E-state index in [1.54, 1.807) is 0 Å². The number of ether oxygens (including phenoxy) is 1. The van der Waals surface area contributed by atoms with Crippen molar-refractivity contribution in [2.45, 2.75) is 0 Å². The number of nitrogens with two attached hydrogens (primary N) is 1. The van der Waals surface area contributed by atoms with Crippen LogP contribution in [0.5, 0.6) is 11.6 Å². The third kappa shape index (κ3) is 2.92. The van der Waals surface area contributed by atoms with E-state index < -0.39 is 11.6 Å². The van der Waals surface area contributed by atoms with Gasteiger partial charge in [0.15, 0.2) is 11.5 Å². The number of hydrogen-bond donors (Lipinski definition) is 2. The molecule has 0 saturated heterocycles. The molecule has 0 spiro atoms. The SMILES string of the molecule is NC(=NO)c1nccnc1Oc1cc(F)cc(F)c1. The molecule has 0 saturated carbocycles. The fourth-order valence-electron chi connectivity index (χ4n) is 1.32. The number of rotatable bonds is 3. The molecule has 0 aliphatic carbocycles. The average molecular weight is 266 g/mol. The second-order valence-corrected chi connectivity index (χ2v) is 3.40. The second kappa shape index (κ2) is 5.25. The predicted octanol–water partition coefficient (Wildman–Crippen LogP) is 1.64. The Morgan fingerprint density at radius 1 is 1.16 bits per heavy atom. The van der Waals surface area contributed by atoms with Gasteiger partial charge in [-0.25, -0.2) is 18.7 Å². The lowest BCUT2D eigenvalue weighted by atomic mass is 10.3. The fraction of sp³-hybridized carbons (Fsp3) is 0. The molecule has 8 heteroatoms. The van der Waals surface area contributed by atoms with E-state index in [1.807, 2.05) is 0 Å². The van der Waals surface area contributed by atoms with Gasteiger partial charge in [-0.1, -0.05) is 5.16 Å². The van der Waals surface area contributed by atoms with Crippen LogP contribution in [0.4, 0.5) is 8.78 Å². The third-order valence-electron chi connectivity index (χ3n) is 2.07. The molecular weight excluding hydrogens is 258 g/mol. The minimum atomic E-state index is -0.802. The molecule has 0 atom stereocenters. The molecule has 0 fully saturated rings. The molecule has 0 radical (unpaired) electrons. The Balaban J connectivity index is 2.38. The summed E-state index contributed by atoms with van der Waals surface area (Å²) in [5.74, 6) is -2.19. The molecule has 2 rings (SSSR count). The summed E-state index contributed by atoms with van der Waals surface area (Å²) in [5.41, 5.74) is 5.33. The van der Waals surface area contributed by atoms with Crippen molar-refractivity contribution in [2.24, 2.45) is 10.9 Å².